The van der Waals surface area contributed by atoms with Crippen LogP contribution in [0.25, 0.3) is 0 Å². The van der Waals surface area contributed by atoms with Gasteiger partial charge in [-0.05, 0) is 18.6 Å². The Balaban J connectivity index is 0.00000256. The van der Waals surface area contributed by atoms with Crippen molar-refractivity contribution in [3.8, 4) is 5.75 Å². The number of hydrogen-bond acceptors (Lipinski definition) is 4. The van der Waals surface area contributed by atoms with Crippen LogP contribution in [0.5, 0.6) is 5.75 Å². The van der Waals surface area contributed by atoms with Gasteiger partial charge in [-0.25, -0.2) is 0 Å². The highest BCUT2D eigenvalue weighted by Crippen LogP contribution is 2.19. The van der Waals surface area contributed by atoms with Crippen LogP contribution in [-0.4, -0.2) is 18.1 Å². The Morgan fingerprint density at radius 2 is 2.29 bits per heavy atom. The van der Waals surface area contributed by atoms with Gasteiger partial charge in [0.2, 0.25) is 0 Å². The molecule has 0 aliphatic carbocycles. The van der Waals surface area contributed by atoms with Crippen molar-refractivity contribution in [3.63, 3.8) is 0 Å². The molecule has 94 valence electrons. The molecule has 17 heavy (non-hydrogen) atoms. The lowest BCUT2D eigenvalue weighted by Crippen LogP contribution is -2.02. The SMILES string of the molecule is C/C(=C\CN)COc1cccc([N+](=O)[O-])c1.Cl. The topological polar surface area (TPSA) is 78.4 Å². The zero-order valence-corrected chi connectivity index (χ0v) is 10.3. The van der Waals surface area contributed by atoms with E-state index in [-0.39, 0.29) is 18.1 Å². The fourth-order valence-electron chi connectivity index (χ4n) is 1.14. The zero-order chi connectivity index (χ0) is 12.0. The molecule has 0 saturated carbocycles. The van der Waals surface area contributed by atoms with Crippen LogP contribution in [0.4, 0.5) is 5.69 Å². The Hall–Kier alpha value is -1.59. The lowest BCUT2D eigenvalue weighted by Gasteiger charge is -2.05. The summed E-state index contributed by atoms with van der Waals surface area (Å²) in [4.78, 5) is 10.1. The summed E-state index contributed by atoms with van der Waals surface area (Å²) in [5, 5.41) is 10.5. The Morgan fingerprint density at radius 1 is 1.59 bits per heavy atom. The van der Waals surface area contributed by atoms with Gasteiger partial charge in [-0.3, -0.25) is 10.1 Å². The van der Waals surface area contributed by atoms with Crippen molar-refractivity contribution < 1.29 is 9.66 Å². The monoisotopic (exact) mass is 258 g/mol. The third-order valence-electron chi connectivity index (χ3n) is 1.96. The van der Waals surface area contributed by atoms with Crippen molar-refractivity contribution in [2.45, 2.75) is 6.92 Å². The highest BCUT2D eigenvalue weighted by atomic mass is 35.5. The summed E-state index contributed by atoms with van der Waals surface area (Å²) in [6, 6.07) is 6.10. The predicted molar refractivity (Wildman–Crippen MR) is 68.7 cm³/mol. The highest BCUT2D eigenvalue weighted by Gasteiger charge is 2.05. The molecule has 1 aromatic carbocycles. The first kappa shape index (κ1) is 15.4. The van der Waals surface area contributed by atoms with Gasteiger partial charge >= 0.3 is 0 Å². The van der Waals surface area contributed by atoms with Gasteiger partial charge in [0, 0.05) is 12.6 Å². The number of nitro groups is 1. The van der Waals surface area contributed by atoms with Crippen LogP contribution >= 0.6 is 12.4 Å². The number of halogens is 1. The fourth-order valence-corrected chi connectivity index (χ4v) is 1.14. The van der Waals surface area contributed by atoms with Gasteiger partial charge < -0.3 is 10.5 Å². The van der Waals surface area contributed by atoms with E-state index < -0.39 is 4.92 Å². The van der Waals surface area contributed by atoms with E-state index in [2.05, 4.69) is 0 Å². The quantitative estimate of drug-likeness (QED) is 0.499. The molecule has 0 spiro atoms. The molecule has 0 amide bonds. The van der Waals surface area contributed by atoms with Gasteiger partial charge in [-0.1, -0.05) is 12.1 Å². The average Bonchev–Trinajstić information content (AvgIpc) is 2.27. The van der Waals surface area contributed by atoms with Crippen LogP contribution in [-0.2, 0) is 0 Å². The number of nitro benzene ring substituents is 1. The summed E-state index contributed by atoms with van der Waals surface area (Å²) < 4.78 is 5.38. The molecule has 0 atom stereocenters. The summed E-state index contributed by atoms with van der Waals surface area (Å²) in [5.74, 6) is 0.485. The second-order valence-corrected chi connectivity index (χ2v) is 3.33. The number of hydrogen-bond donors (Lipinski definition) is 1. The number of nitrogens with zero attached hydrogens (tertiary/aromatic N) is 1. The van der Waals surface area contributed by atoms with E-state index in [1.54, 1.807) is 12.1 Å². The lowest BCUT2D eigenvalue weighted by atomic mass is 10.3. The van der Waals surface area contributed by atoms with Gasteiger partial charge in [0.15, 0.2) is 0 Å². The molecule has 0 fully saturated rings. The number of rotatable bonds is 5. The fraction of sp³-hybridized carbons (Fsp3) is 0.273. The highest BCUT2D eigenvalue weighted by molar-refractivity contribution is 5.85. The van der Waals surface area contributed by atoms with E-state index in [1.807, 2.05) is 13.0 Å². The van der Waals surface area contributed by atoms with E-state index in [1.165, 1.54) is 12.1 Å². The van der Waals surface area contributed by atoms with Gasteiger partial charge in [-0.15, -0.1) is 12.4 Å². The molecule has 2 N–H and O–H groups in total. The van der Waals surface area contributed by atoms with Gasteiger partial charge in [0.25, 0.3) is 5.69 Å². The van der Waals surface area contributed by atoms with Crippen LogP contribution in [0.15, 0.2) is 35.9 Å². The summed E-state index contributed by atoms with van der Waals surface area (Å²) in [6.45, 7) is 2.74. The van der Waals surface area contributed by atoms with Crippen LogP contribution < -0.4 is 10.5 Å². The minimum absolute atomic E-state index is 0. The van der Waals surface area contributed by atoms with Crippen LogP contribution in [0, 0.1) is 10.1 Å². The Kier molecular flexibility index (Phi) is 6.93. The first-order valence-corrected chi connectivity index (χ1v) is 4.86. The van der Waals surface area contributed by atoms with Gasteiger partial charge in [-0.2, -0.15) is 0 Å². The number of benzene rings is 1. The normalized spacial score (nSPS) is 10.6. The largest absolute Gasteiger partial charge is 0.489 e. The Labute approximate surface area is 106 Å². The molecule has 0 radical (unpaired) electrons. The summed E-state index contributed by atoms with van der Waals surface area (Å²) in [6.07, 6.45) is 1.84. The molecule has 0 saturated heterocycles. The molecule has 0 unspecified atom stereocenters. The van der Waals surface area contributed by atoms with Crippen molar-refractivity contribution in [2.24, 2.45) is 5.73 Å². The Bertz CT molecular complexity index is 407. The minimum atomic E-state index is -0.449. The van der Waals surface area contributed by atoms with Crippen LogP contribution in [0.2, 0.25) is 0 Å². The standard InChI is InChI=1S/C11H14N2O3.ClH/c1-9(5-6-12)8-16-11-4-2-3-10(7-11)13(14)15;/h2-5,7H,6,8,12H2,1H3;1H/b9-5+;. The number of nitrogens with two attached hydrogens (primary N) is 1. The first-order valence-electron chi connectivity index (χ1n) is 4.86. The van der Waals surface area contributed by atoms with Gasteiger partial charge in [0.05, 0.1) is 11.0 Å². The molecule has 5 nitrogen and oxygen atoms in total. The van der Waals surface area contributed by atoms with Crippen LogP contribution in [0.1, 0.15) is 6.92 Å². The third kappa shape index (κ3) is 5.33. The first-order chi connectivity index (χ1) is 7.63. The summed E-state index contributed by atoms with van der Waals surface area (Å²) in [7, 11) is 0. The van der Waals surface area contributed by atoms with E-state index in [4.69, 9.17) is 10.5 Å². The minimum Gasteiger partial charge on any atom is -0.489 e. The second kappa shape index (κ2) is 7.65. The number of ether oxygens (including phenoxy) is 1. The van der Waals surface area contributed by atoms with Crippen molar-refractivity contribution in [1.82, 2.24) is 0 Å². The van der Waals surface area contributed by atoms with Crippen molar-refractivity contribution in [1.29, 1.82) is 0 Å². The molecule has 1 aromatic rings. The Morgan fingerprint density at radius 3 is 2.88 bits per heavy atom. The molecule has 6 heteroatoms. The molecule has 1 rings (SSSR count). The average molecular weight is 259 g/mol. The summed E-state index contributed by atoms with van der Waals surface area (Å²) >= 11 is 0. The molecular weight excluding hydrogens is 244 g/mol. The molecule has 0 bridgehead atoms. The van der Waals surface area contributed by atoms with Crippen molar-refractivity contribution in [3.05, 3.63) is 46.0 Å². The van der Waals surface area contributed by atoms with E-state index >= 15 is 0 Å². The number of non-ortho nitro benzene ring substituents is 1. The summed E-state index contributed by atoms with van der Waals surface area (Å²) in [5.41, 5.74) is 6.36. The second-order valence-electron chi connectivity index (χ2n) is 3.33. The zero-order valence-electron chi connectivity index (χ0n) is 9.46. The van der Waals surface area contributed by atoms with E-state index in [9.17, 15) is 10.1 Å². The maximum absolute atomic E-state index is 10.5. The van der Waals surface area contributed by atoms with E-state index in [0.717, 1.165) is 5.57 Å². The molecule has 0 aliphatic rings. The molecular formula is C11H15ClN2O3. The molecule has 0 aromatic heterocycles. The van der Waals surface area contributed by atoms with E-state index in [0.29, 0.717) is 18.9 Å². The predicted octanol–water partition coefficient (Wildman–Crippen LogP) is 2.30. The molecule has 0 aliphatic heterocycles. The van der Waals surface area contributed by atoms with Crippen LogP contribution in [0.3, 0.4) is 0 Å². The third-order valence-corrected chi connectivity index (χ3v) is 1.96. The van der Waals surface area contributed by atoms with Crippen molar-refractivity contribution in [2.75, 3.05) is 13.2 Å². The van der Waals surface area contributed by atoms with Crippen molar-refractivity contribution >= 4 is 18.1 Å². The maximum atomic E-state index is 10.5. The maximum Gasteiger partial charge on any atom is 0.273 e. The molecule has 0 heterocycles. The van der Waals surface area contributed by atoms with Gasteiger partial charge in [0.1, 0.15) is 12.4 Å². The smallest absolute Gasteiger partial charge is 0.273 e. The lowest BCUT2D eigenvalue weighted by molar-refractivity contribution is -0.384.